The lowest BCUT2D eigenvalue weighted by Gasteiger charge is -2.31. The molecule has 6 nitrogen and oxygen atoms in total. The monoisotopic (exact) mass is 424 g/mol. The molecular formula is C23H28N4O2S. The third kappa shape index (κ3) is 4.48. The third-order valence-electron chi connectivity index (χ3n) is 5.75. The van der Waals surface area contributed by atoms with Gasteiger partial charge in [-0.05, 0) is 44.4 Å². The van der Waals surface area contributed by atoms with Crippen LogP contribution in [0.1, 0.15) is 29.5 Å². The highest BCUT2D eigenvalue weighted by Crippen LogP contribution is 2.24. The number of aromatic amines is 1. The predicted octanol–water partition coefficient (Wildman–Crippen LogP) is 3.64. The van der Waals surface area contributed by atoms with E-state index in [-0.39, 0.29) is 6.04 Å². The highest BCUT2D eigenvalue weighted by molar-refractivity contribution is 7.89. The number of sulfonamides is 1. The Morgan fingerprint density at radius 2 is 1.60 bits per heavy atom. The first-order valence-corrected chi connectivity index (χ1v) is 11.8. The Morgan fingerprint density at radius 1 is 1.00 bits per heavy atom. The molecule has 0 saturated carbocycles. The summed E-state index contributed by atoms with van der Waals surface area (Å²) >= 11 is 0. The average Bonchev–Trinajstić information content (AvgIpc) is 3.22. The van der Waals surface area contributed by atoms with Crippen molar-refractivity contribution in [2.75, 3.05) is 13.1 Å². The van der Waals surface area contributed by atoms with Gasteiger partial charge in [0.25, 0.3) is 0 Å². The molecule has 0 atom stereocenters. The molecule has 0 spiro atoms. The molecule has 0 unspecified atom stereocenters. The summed E-state index contributed by atoms with van der Waals surface area (Å²) in [5.74, 6) is 0. The molecule has 0 bridgehead atoms. The van der Waals surface area contributed by atoms with Crippen molar-refractivity contribution in [3.8, 4) is 11.3 Å². The number of hydrogen-bond donors (Lipinski definition) is 2. The topological polar surface area (TPSA) is 78.1 Å². The lowest BCUT2D eigenvalue weighted by molar-refractivity contribution is 0.288. The average molecular weight is 425 g/mol. The molecule has 0 radical (unpaired) electrons. The number of H-pyrrole nitrogens is 1. The Hall–Kier alpha value is -2.48. The molecule has 7 heteroatoms. The second-order valence-corrected chi connectivity index (χ2v) is 9.95. The summed E-state index contributed by atoms with van der Waals surface area (Å²) in [4.78, 5) is 0.376. The first-order valence-electron chi connectivity index (χ1n) is 10.3. The fraction of sp³-hybridized carbons (Fsp3) is 0.348. The van der Waals surface area contributed by atoms with E-state index in [1.54, 1.807) is 16.4 Å². The quantitative estimate of drug-likeness (QED) is 0.633. The summed E-state index contributed by atoms with van der Waals surface area (Å²) in [6.07, 6.45) is 3.45. The molecular weight excluding hydrogens is 396 g/mol. The van der Waals surface area contributed by atoms with Gasteiger partial charge in [0.05, 0.1) is 16.8 Å². The summed E-state index contributed by atoms with van der Waals surface area (Å²) in [7, 11) is -3.42. The second-order valence-electron chi connectivity index (χ2n) is 8.01. The van der Waals surface area contributed by atoms with Crippen molar-refractivity contribution in [3.63, 3.8) is 0 Å². The van der Waals surface area contributed by atoms with Gasteiger partial charge in [-0.25, -0.2) is 8.42 Å². The molecule has 3 aromatic rings. The van der Waals surface area contributed by atoms with E-state index in [9.17, 15) is 8.42 Å². The minimum absolute atomic E-state index is 0.287. The zero-order valence-corrected chi connectivity index (χ0v) is 18.2. The molecule has 158 valence electrons. The zero-order valence-electron chi connectivity index (χ0n) is 17.4. The van der Waals surface area contributed by atoms with Gasteiger partial charge in [0.2, 0.25) is 10.0 Å². The molecule has 2 aromatic carbocycles. The number of piperidine rings is 1. The van der Waals surface area contributed by atoms with Crippen LogP contribution in [0.2, 0.25) is 0 Å². The molecule has 1 aliphatic rings. The van der Waals surface area contributed by atoms with Crippen LogP contribution in [0.5, 0.6) is 0 Å². The zero-order chi connectivity index (χ0) is 21.1. The van der Waals surface area contributed by atoms with E-state index in [2.05, 4.69) is 46.7 Å². The van der Waals surface area contributed by atoms with Crippen molar-refractivity contribution in [2.24, 2.45) is 0 Å². The molecule has 30 heavy (non-hydrogen) atoms. The van der Waals surface area contributed by atoms with Crippen LogP contribution >= 0.6 is 0 Å². The van der Waals surface area contributed by atoms with Crippen LogP contribution in [0.25, 0.3) is 11.3 Å². The largest absolute Gasteiger partial charge is 0.310 e. The molecule has 1 aliphatic heterocycles. The maximum Gasteiger partial charge on any atom is 0.243 e. The van der Waals surface area contributed by atoms with Crippen molar-refractivity contribution in [1.29, 1.82) is 0 Å². The molecule has 1 saturated heterocycles. The number of aryl methyl sites for hydroxylation is 2. The smallest absolute Gasteiger partial charge is 0.243 e. The van der Waals surface area contributed by atoms with E-state index >= 15 is 0 Å². The number of aromatic nitrogens is 2. The van der Waals surface area contributed by atoms with Gasteiger partial charge >= 0.3 is 0 Å². The van der Waals surface area contributed by atoms with Gasteiger partial charge in [-0.1, -0.05) is 47.5 Å². The van der Waals surface area contributed by atoms with Gasteiger partial charge in [-0.3, -0.25) is 5.10 Å². The van der Waals surface area contributed by atoms with Crippen molar-refractivity contribution in [2.45, 2.75) is 44.2 Å². The Bertz CT molecular complexity index is 1080. The van der Waals surface area contributed by atoms with Crippen LogP contribution in [0.15, 0.2) is 59.6 Å². The van der Waals surface area contributed by atoms with Gasteiger partial charge in [-0.2, -0.15) is 9.40 Å². The fourth-order valence-corrected chi connectivity index (χ4v) is 5.30. The number of benzene rings is 2. The SMILES string of the molecule is Cc1ccc(-c2[nH]ncc2CNC2CCN(S(=O)(=O)c3ccc(C)cc3)CC2)cc1. The van der Waals surface area contributed by atoms with E-state index < -0.39 is 10.0 Å². The fourth-order valence-electron chi connectivity index (χ4n) is 3.83. The van der Waals surface area contributed by atoms with Gasteiger partial charge in [0, 0.05) is 31.2 Å². The van der Waals surface area contributed by atoms with Crippen molar-refractivity contribution < 1.29 is 8.42 Å². The highest BCUT2D eigenvalue weighted by Gasteiger charge is 2.29. The predicted molar refractivity (Wildman–Crippen MR) is 119 cm³/mol. The van der Waals surface area contributed by atoms with Crippen LogP contribution in [0, 0.1) is 13.8 Å². The lowest BCUT2D eigenvalue weighted by Crippen LogP contribution is -2.44. The van der Waals surface area contributed by atoms with Crippen molar-refractivity contribution >= 4 is 10.0 Å². The van der Waals surface area contributed by atoms with Crippen molar-refractivity contribution in [3.05, 3.63) is 71.4 Å². The van der Waals surface area contributed by atoms with E-state index in [1.165, 1.54) is 5.56 Å². The van der Waals surface area contributed by atoms with Gasteiger partial charge < -0.3 is 5.32 Å². The van der Waals surface area contributed by atoms with Crippen molar-refractivity contribution in [1.82, 2.24) is 19.8 Å². The van der Waals surface area contributed by atoms with E-state index in [0.717, 1.165) is 35.2 Å². The molecule has 2 N–H and O–H groups in total. The summed E-state index contributed by atoms with van der Waals surface area (Å²) in [6, 6.07) is 15.8. The standard InChI is InChI=1S/C23H28N4O2S/c1-17-3-7-19(8-4-17)23-20(16-25-26-23)15-24-21-11-13-27(14-12-21)30(28,29)22-9-5-18(2)6-10-22/h3-10,16,21,24H,11-15H2,1-2H3,(H,25,26). The number of rotatable bonds is 6. The first kappa shape index (κ1) is 20.8. The number of hydrogen-bond acceptors (Lipinski definition) is 4. The summed E-state index contributed by atoms with van der Waals surface area (Å²) < 4.78 is 27.3. The van der Waals surface area contributed by atoms with Crippen LogP contribution in [-0.2, 0) is 16.6 Å². The maximum atomic E-state index is 12.9. The van der Waals surface area contributed by atoms with Crippen LogP contribution in [0.4, 0.5) is 0 Å². The summed E-state index contributed by atoms with van der Waals surface area (Å²) in [5.41, 5.74) is 5.55. The Balaban J connectivity index is 1.34. The normalized spacial score (nSPS) is 16.1. The highest BCUT2D eigenvalue weighted by atomic mass is 32.2. The maximum absolute atomic E-state index is 12.9. The number of nitrogens with one attached hydrogen (secondary N) is 2. The molecule has 1 aromatic heterocycles. The Labute approximate surface area is 178 Å². The Morgan fingerprint density at radius 3 is 2.23 bits per heavy atom. The van der Waals surface area contributed by atoms with E-state index in [1.807, 2.05) is 25.3 Å². The molecule has 4 rings (SSSR count). The number of nitrogens with zero attached hydrogens (tertiary/aromatic N) is 2. The Kier molecular flexibility index (Phi) is 6.04. The molecule has 2 heterocycles. The van der Waals surface area contributed by atoms with Crippen LogP contribution < -0.4 is 5.32 Å². The van der Waals surface area contributed by atoms with E-state index in [0.29, 0.717) is 24.5 Å². The van der Waals surface area contributed by atoms with Gasteiger partial charge in [0.1, 0.15) is 0 Å². The summed E-state index contributed by atoms with van der Waals surface area (Å²) in [6.45, 7) is 5.80. The minimum atomic E-state index is -3.42. The van der Waals surface area contributed by atoms with E-state index in [4.69, 9.17) is 0 Å². The first-order chi connectivity index (χ1) is 14.4. The van der Waals surface area contributed by atoms with Crippen LogP contribution in [0.3, 0.4) is 0 Å². The minimum Gasteiger partial charge on any atom is -0.310 e. The second kappa shape index (κ2) is 8.71. The molecule has 0 aliphatic carbocycles. The third-order valence-corrected chi connectivity index (χ3v) is 7.66. The molecule has 0 amide bonds. The van der Waals surface area contributed by atoms with Crippen LogP contribution in [-0.4, -0.2) is 42.1 Å². The van der Waals surface area contributed by atoms with Gasteiger partial charge in [-0.15, -0.1) is 0 Å². The molecule has 1 fully saturated rings. The lowest BCUT2D eigenvalue weighted by atomic mass is 10.0. The summed E-state index contributed by atoms with van der Waals surface area (Å²) in [5, 5.41) is 10.9. The van der Waals surface area contributed by atoms with Gasteiger partial charge in [0.15, 0.2) is 0 Å².